The summed E-state index contributed by atoms with van der Waals surface area (Å²) in [5.74, 6) is 0. The fraction of sp³-hybridized carbons (Fsp3) is 0.667. The summed E-state index contributed by atoms with van der Waals surface area (Å²) in [7, 11) is 0. The Bertz CT molecular complexity index is 20.9. The molecule has 0 spiro atoms. The van der Waals surface area contributed by atoms with E-state index in [9.17, 15) is 5.11 Å². The Balaban J connectivity index is 2.54. The number of hydrogen-bond acceptors (Lipinski definition) is 1. The topological polar surface area (TPSA) is 19.9 Å². The summed E-state index contributed by atoms with van der Waals surface area (Å²) in [4.78, 5) is 0. The molecule has 2 heteroatoms. The molecule has 0 aliphatic carbocycles. The van der Waals surface area contributed by atoms with Crippen LogP contribution in [0, 0.1) is 6.92 Å². The van der Waals surface area contributed by atoms with Gasteiger partial charge in [0.15, 0.2) is 0 Å². The van der Waals surface area contributed by atoms with Crippen LogP contribution in [0.5, 0.6) is 0 Å². The van der Waals surface area contributed by atoms with Gasteiger partial charge in [-0.2, -0.15) is 0 Å². The maximum absolute atomic E-state index is 9.75. The van der Waals surface area contributed by atoms with Crippen LogP contribution >= 0.6 is 11.8 Å². The maximum atomic E-state index is 9.75. The van der Waals surface area contributed by atoms with Gasteiger partial charge in [-0.25, -0.2) is 5.11 Å². The molecule has 1 atom stereocenters. The van der Waals surface area contributed by atoms with Crippen molar-refractivity contribution in [3.63, 3.8) is 0 Å². The van der Waals surface area contributed by atoms with Crippen molar-refractivity contribution >= 4 is 11.8 Å². The largest absolute Gasteiger partial charge is 0.221 e. The van der Waals surface area contributed by atoms with E-state index < -0.39 is 5.44 Å². The standard InChI is InChI=1S/C3H6OS/c1-3(4)5-2/h3H,1H2,2H3. The lowest BCUT2D eigenvalue weighted by atomic mass is 10.9. The molecule has 0 aromatic carbocycles. The van der Waals surface area contributed by atoms with Crippen molar-refractivity contribution in [2.75, 3.05) is 6.26 Å². The molecule has 0 rings (SSSR count). The first-order valence-corrected chi connectivity index (χ1v) is 2.58. The minimum atomic E-state index is -0.699. The third-order valence-corrected chi connectivity index (χ3v) is 0.789. The zero-order valence-electron chi connectivity index (χ0n) is 3.10. The third-order valence-electron chi connectivity index (χ3n) is 0.263. The highest BCUT2D eigenvalue weighted by Gasteiger charge is 1.85. The van der Waals surface area contributed by atoms with Crippen LogP contribution in [0.2, 0.25) is 0 Å². The second kappa shape index (κ2) is 2.54. The van der Waals surface area contributed by atoms with Crippen molar-refractivity contribution in [1.82, 2.24) is 0 Å². The van der Waals surface area contributed by atoms with Gasteiger partial charge in [0.1, 0.15) is 5.44 Å². The van der Waals surface area contributed by atoms with Gasteiger partial charge in [0.05, 0.1) is 0 Å². The minimum Gasteiger partial charge on any atom is -0.221 e. The van der Waals surface area contributed by atoms with E-state index in [1.807, 2.05) is 0 Å². The lowest BCUT2D eigenvalue weighted by Crippen LogP contribution is -1.84. The number of hydrogen-bond donors (Lipinski definition) is 0. The monoisotopic (exact) mass is 90.0 g/mol. The zero-order chi connectivity index (χ0) is 4.28. The Hall–Kier alpha value is 0.310. The molecular weight excluding hydrogens is 84.1 g/mol. The summed E-state index contributed by atoms with van der Waals surface area (Å²) < 4.78 is 0. The molecule has 0 N–H and O–H groups in total. The molecular formula is C3H6OS. The summed E-state index contributed by atoms with van der Waals surface area (Å²) in [5.41, 5.74) is -0.699. The molecule has 1 nitrogen and oxygen atoms in total. The van der Waals surface area contributed by atoms with Crippen LogP contribution in [-0.4, -0.2) is 11.7 Å². The van der Waals surface area contributed by atoms with Gasteiger partial charge in [-0.1, -0.05) is 0 Å². The van der Waals surface area contributed by atoms with Gasteiger partial charge in [-0.15, -0.1) is 11.8 Å². The van der Waals surface area contributed by atoms with Gasteiger partial charge in [0.2, 0.25) is 0 Å². The van der Waals surface area contributed by atoms with Crippen molar-refractivity contribution in [3.8, 4) is 0 Å². The van der Waals surface area contributed by atoms with Crippen LogP contribution in [0.25, 0.3) is 0 Å². The summed E-state index contributed by atoms with van der Waals surface area (Å²) in [6.07, 6.45) is 1.74. The quantitative estimate of drug-likeness (QED) is 0.439. The highest BCUT2D eigenvalue weighted by Crippen LogP contribution is 1.97. The van der Waals surface area contributed by atoms with Crippen LogP contribution in [0.1, 0.15) is 0 Å². The van der Waals surface area contributed by atoms with E-state index in [4.69, 9.17) is 0 Å². The molecule has 1 unspecified atom stereocenters. The van der Waals surface area contributed by atoms with Gasteiger partial charge in [-0.3, -0.25) is 0 Å². The van der Waals surface area contributed by atoms with Gasteiger partial charge in [-0.05, 0) is 13.2 Å². The zero-order valence-corrected chi connectivity index (χ0v) is 3.92. The highest BCUT2D eigenvalue weighted by atomic mass is 32.2. The van der Waals surface area contributed by atoms with Crippen molar-refractivity contribution in [3.05, 3.63) is 6.92 Å². The molecule has 0 aromatic rings. The molecule has 0 aliphatic heterocycles. The smallest absolute Gasteiger partial charge is 0.138 e. The SMILES string of the molecule is [CH2]C([O])SC. The van der Waals surface area contributed by atoms with Crippen molar-refractivity contribution in [2.45, 2.75) is 5.44 Å². The first-order valence-electron chi connectivity index (χ1n) is 1.29. The van der Waals surface area contributed by atoms with Crippen LogP contribution in [0.4, 0.5) is 0 Å². The molecule has 5 heavy (non-hydrogen) atoms. The summed E-state index contributed by atoms with van der Waals surface area (Å²) in [6.45, 7) is 3.16. The molecule has 0 amide bonds. The van der Waals surface area contributed by atoms with E-state index in [-0.39, 0.29) is 0 Å². The van der Waals surface area contributed by atoms with Crippen LogP contribution in [0.3, 0.4) is 0 Å². The van der Waals surface area contributed by atoms with E-state index in [0.717, 1.165) is 0 Å². The molecule has 0 saturated carbocycles. The molecule has 0 aliphatic rings. The minimum absolute atomic E-state index is 0.699. The maximum Gasteiger partial charge on any atom is 0.138 e. The first kappa shape index (κ1) is 5.31. The van der Waals surface area contributed by atoms with Gasteiger partial charge in [0.25, 0.3) is 0 Å². The van der Waals surface area contributed by atoms with Gasteiger partial charge < -0.3 is 0 Å². The van der Waals surface area contributed by atoms with Crippen LogP contribution in [-0.2, 0) is 5.11 Å². The summed E-state index contributed by atoms with van der Waals surface area (Å²) >= 11 is 1.21. The normalized spacial score (nSPS) is 15.0. The number of thioether (sulfide) groups is 1. The van der Waals surface area contributed by atoms with E-state index >= 15 is 0 Å². The predicted molar refractivity (Wildman–Crippen MR) is 23.3 cm³/mol. The molecule has 0 heterocycles. The molecule has 0 aromatic heterocycles. The van der Waals surface area contributed by atoms with Gasteiger partial charge in [0, 0.05) is 0 Å². The number of rotatable bonds is 1. The summed E-state index contributed by atoms with van der Waals surface area (Å²) in [6, 6.07) is 0. The summed E-state index contributed by atoms with van der Waals surface area (Å²) in [5, 5.41) is 9.75. The fourth-order valence-electron chi connectivity index (χ4n) is 0. The van der Waals surface area contributed by atoms with Crippen LogP contribution in [0.15, 0.2) is 0 Å². The molecule has 0 saturated heterocycles. The average molecular weight is 90.1 g/mol. The first-order chi connectivity index (χ1) is 2.27. The lowest BCUT2D eigenvalue weighted by molar-refractivity contribution is 0.201. The Morgan fingerprint density at radius 2 is 2.20 bits per heavy atom. The third kappa shape index (κ3) is 4.31. The fourth-order valence-corrected chi connectivity index (χ4v) is 0. The Kier molecular flexibility index (Phi) is 2.70. The van der Waals surface area contributed by atoms with Crippen molar-refractivity contribution in [1.29, 1.82) is 0 Å². The molecule has 30 valence electrons. The molecule has 2 radical (unpaired) electrons. The predicted octanol–water partition coefficient (Wildman–Crippen LogP) is 0.940. The molecule has 0 bridgehead atoms. The lowest BCUT2D eigenvalue weighted by Gasteiger charge is -1.86. The second-order valence-electron chi connectivity index (χ2n) is 0.665. The Morgan fingerprint density at radius 1 is 2.00 bits per heavy atom. The van der Waals surface area contributed by atoms with E-state index in [1.165, 1.54) is 11.8 Å². The highest BCUT2D eigenvalue weighted by molar-refractivity contribution is 7.99. The molecule has 0 fully saturated rings. The van der Waals surface area contributed by atoms with Crippen LogP contribution < -0.4 is 0 Å². The average Bonchev–Trinajstić information content (AvgIpc) is 1.38. The second-order valence-corrected chi connectivity index (χ2v) is 1.66. The Morgan fingerprint density at radius 3 is 2.20 bits per heavy atom. The van der Waals surface area contributed by atoms with Crippen molar-refractivity contribution in [2.24, 2.45) is 0 Å². The van der Waals surface area contributed by atoms with E-state index in [1.54, 1.807) is 6.26 Å². The Labute approximate surface area is 36.4 Å². The van der Waals surface area contributed by atoms with E-state index in [2.05, 4.69) is 6.92 Å². The van der Waals surface area contributed by atoms with Gasteiger partial charge >= 0.3 is 0 Å². The van der Waals surface area contributed by atoms with E-state index in [0.29, 0.717) is 0 Å². The van der Waals surface area contributed by atoms with Crippen molar-refractivity contribution < 1.29 is 5.11 Å².